The average Bonchev–Trinajstić information content (AvgIpc) is 3.15. The number of benzene rings is 2. The first-order chi connectivity index (χ1) is 12.8. The van der Waals surface area contributed by atoms with E-state index in [1.807, 2.05) is 32.0 Å². The van der Waals surface area contributed by atoms with E-state index in [4.69, 9.17) is 9.47 Å². The molecule has 0 radical (unpaired) electrons. The third-order valence-electron chi connectivity index (χ3n) is 4.26. The quantitative estimate of drug-likeness (QED) is 0.698. The average molecular weight is 387 g/mol. The lowest BCUT2D eigenvalue weighted by atomic mass is 10.1. The standard InChI is InChI=1S/C19H21N3O4S/c1-12-5-6-13(2)14(9-12)11-27(23,24)19-20-18(21-22-19)16-8-7-15(25-3)10-17(16)26-4/h5-10H,11H2,1-4H3,(H,20,21,22). The fourth-order valence-electron chi connectivity index (χ4n) is 2.72. The molecule has 1 aromatic heterocycles. The molecule has 0 amide bonds. The number of rotatable bonds is 6. The number of aromatic nitrogens is 3. The van der Waals surface area contributed by atoms with Crippen molar-refractivity contribution in [1.82, 2.24) is 15.2 Å². The Labute approximate surface area is 158 Å². The first-order valence-electron chi connectivity index (χ1n) is 8.27. The van der Waals surface area contributed by atoms with Crippen molar-refractivity contribution in [2.75, 3.05) is 14.2 Å². The molecule has 1 N–H and O–H groups in total. The molecule has 142 valence electrons. The molecule has 0 spiro atoms. The van der Waals surface area contributed by atoms with E-state index >= 15 is 0 Å². The molecule has 1 heterocycles. The third kappa shape index (κ3) is 3.95. The minimum atomic E-state index is -3.67. The molecule has 0 saturated heterocycles. The van der Waals surface area contributed by atoms with Crippen LogP contribution in [0.25, 0.3) is 11.4 Å². The summed E-state index contributed by atoms with van der Waals surface area (Å²) >= 11 is 0. The number of aromatic amines is 1. The Hall–Kier alpha value is -2.87. The van der Waals surface area contributed by atoms with Crippen molar-refractivity contribution in [2.24, 2.45) is 0 Å². The van der Waals surface area contributed by atoms with Gasteiger partial charge in [0.2, 0.25) is 15.0 Å². The van der Waals surface area contributed by atoms with E-state index in [0.29, 0.717) is 17.1 Å². The smallest absolute Gasteiger partial charge is 0.243 e. The van der Waals surface area contributed by atoms with E-state index in [-0.39, 0.29) is 16.7 Å². The molecule has 0 atom stereocenters. The highest BCUT2D eigenvalue weighted by molar-refractivity contribution is 7.90. The largest absolute Gasteiger partial charge is 0.497 e. The summed E-state index contributed by atoms with van der Waals surface area (Å²) in [6, 6.07) is 10.9. The van der Waals surface area contributed by atoms with Gasteiger partial charge in [-0.2, -0.15) is 10.1 Å². The number of H-pyrrole nitrogens is 1. The summed E-state index contributed by atoms with van der Waals surface area (Å²) in [6.45, 7) is 3.82. The van der Waals surface area contributed by atoms with Crippen molar-refractivity contribution >= 4 is 9.84 Å². The van der Waals surface area contributed by atoms with Crippen molar-refractivity contribution in [1.29, 1.82) is 0 Å². The zero-order valence-corrected chi connectivity index (χ0v) is 16.4. The van der Waals surface area contributed by atoms with Crippen molar-refractivity contribution in [3.8, 4) is 22.9 Å². The molecular formula is C19H21N3O4S. The van der Waals surface area contributed by atoms with Crippen LogP contribution in [0, 0.1) is 13.8 Å². The minimum Gasteiger partial charge on any atom is -0.497 e. The lowest BCUT2D eigenvalue weighted by Crippen LogP contribution is -2.08. The predicted octanol–water partition coefficient (Wildman–Crippen LogP) is 3.08. The molecule has 27 heavy (non-hydrogen) atoms. The van der Waals surface area contributed by atoms with Gasteiger partial charge in [0, 0.05) is 6.07 Å². The van der Waals surface area contributed by atoms with Gasteiger partial charge in [-0.05, 0) is 37.1 Å². The predicted molar refractivity (Wildman–Crippen MR) is 102 cm³/mol. The first kappa shape index (κ1) is 18.9. The molecule has 0 fully saturated rings. The number of nitrogens with zero attached hydrogens (tertiary/aromatic N) is 2. The third-order valence-corrected chi connectivity index (χ3v) is 5.72. The number of hydrogen-bond donors (Lipinski definition) is 1. The molecular weight excluding hydrogens is 366 g/mol. The van der Waals surface area contributed by atoms with Crippen LogP contribution in [0.2, 0.25) is 0 Å². The van der Waals surface area contributed by atoms with Crippen LogP contribution in [0.3, 0.4) is 0 Å². The van der Waals surface area contributed by atoms with E-state index in [9.17, 15) is 8.42 Å². The number of ether oxygens (including phenoxy) is 2. The van der Waals surface area contributed by atoms with Crippen LogP contribution in [0.15, 0.2) is 41.6 Å². The van der Waals surface area contributed by atoms with E-state index in [1.54, 1.807) is 25.3 Å². The van der Waals surface area contributed by atoms with Crippen LogP contribution in [0.5, 0.6) is 11.5 Å². The molecule has 3 aromatic rings. The molecule has 0 aliphatic carbocycles. The van der Waals surface area contributed by atoms with Crippen LogP contribution in [0.4, 0.5) is 0 Å². The van der Waals surface area contributed by atoms with Gasteiger partial charge >= 0.3 is 0 Å². The zero-order valence-electron chi connectivity index (χ0n) is 15.6. The second-order valence-corrected chi connectivity index (χ2v) is 8.12. The minimum absolute atomic E-state index is 0.144. The molecule has 0 bridgehead atoms. The van der Waals surface area contributed by atoms with Crippen LogP contribution < -0.4 is 9.47 Å². The number of hydrogen-bond acceptors (Lipinski definition) is 6. The number of aryl methyl sites for hydroxylation is 2. The highest BCUT2D eigenvalue weighted by Crippen LogP contribution is 2.31. The summed E-state index contributed by atoms with van der Waals surface area (Å²) in [6.07, 6.45) is 0. The van der Waals surface area contributed by atoms with E-state index in [1.165, 1.54) is 7.11 Å². The lowest BCUT2D eigenvalue weighted by molar-refractivity contribution is 0.395. The monoisotopic (exact) mass is 387 g/mol. The normalized spacial score (nSPS) is 11.4. The summed E-state index contributed by atoms with van der Waals surface area (Å²) < 4.78 is 36.1. The van der Waals surface area contributed by atoms with Crippen LogP contribution in [-0.2, 0) is 15.6 Å². The fourth-order valence-corrected chi connectivity index (χ4v) is 3.99. The van der Waals surface area contributed by atoms with Crippen LogP contribution >= 0.6 is 0 Å². The van der Waals surface area contributed by atoms with Crippen molar-refractivity contribution in [3.63, 3.8) is 0 Å². The molecule has 2 aromatic carbocycles. The summed E-state index contributed by atoms with van der Waals surface area (Å²) in [5, 5.41) is 6.44. The van der Waals surface area contributed by atoms with Gasteiger partial charge in [-0.3, -0.25) is 0 Å². The highest BCUT2D eigenvalue weighted by atomic mass is 32.2. The lowest BCUT2D eigenvalue weighted by Gasteiger charge is -2.07. The molecule has 0 aliphatic rings. The summed E-state index contributed by atoms with van der Waals surface area (Å²) in [4.78, 5) is 4.19. The molecule has 8 heteroatoms. The maximum absolute atomic E-state index is 12.8. The molecule has 3 rings (SSSR count). The molecule has 0 unspecified atom stereocenters. The zero-order chi connectivity index (χ0) is 19.6. The van der Waals surface area contributed by atoms with Crippen LogP contribution in [-0.4, -0.2) is 37.8 Å². The van der Waals surface area contributed by atoms with Gasteiger partial charge in [0.1, 0.15) is 11.5 Å². The number of sulfone groups is 1. The SMILES string of the molecule is COc1ccc(-c2n[nH]c(S(=O)(=O)Cc3cc(C)ccc3C)n2)c(OC)c1. The summed E-state index contributed by atoms with van der Waals surface area (Å²) in [5.74, 6) is 1.21. The van der Waals surface area contributed by atoms with Crippen LogP contribution in [0.1, 0.15) is 16.7 Å². The van der Waals surface area contributed by atoms with Gasteiger partial charge < -0.3 is 9.47 Å². The Morgan fingerprint density at radius 2 is 1.81 bits per heavy atom. The molecule has 0 saturated carbocycles. The van der Waals surface area contributed by atoms with Gasteiger partial charge in [0.25, 0.3) is 0 Å². The van der Waals surface area contributed by atoms with Gasteiger partial charge in [0.05, 0.1) is 25.5 Å². The highest BCUT2D eigenvalue weighted by Gasteiger charge is 2.23. The number of nitrogens with one attached hydrogen (secondary N) is 1. The Kier molecular flexibility index (Phi) is 5.18. The van der Waals surface area contributed by atoms with Gasteiger partial charge in [-0.15, -0.1) is 0 Å². The summed E-state index contributed by atoms with van der Waals surface area (Å²) in [5.41, 5.74) is 3.24. The summed E-state index contributed by atoms with van der Waals surface area (Å²) in [7, 11) is -0.595. The first-order valence-corrected chi connectivity index (χ1v) is 9.93. The maximum Gasteiger partial charge on any atom is 0.243 e. The van der Waals surface area contributed by atoms with E-state index in [2.05, 4.69) is 15.2 Å². The Bertz CT molecular complexity index is 1070. The molecule has 0 aliphatic heterocycles. The Balaban J connectivity index is 1.94. The van der Waals surface area contributed by atoms with Gasteiger partial charge in [0.15, 0.2) is 5.82 Å². The van der Waals surface area contributed by atoms with E-state index < -0.39 is 9.84 Å². The second-order valence-electron chi connectivity index (χ2n) is 6.22. The van der Waals surface area contributed by atoms with Crippen molar-refractivity contribution in [2.45, 2.75) is 24.8 Å². The second kappa shape index (κ2) is 7.40. The Morgan fingerprint density at radius 3 is 2.52 bits per heavy atom. The fraction of sp³-hybridized carbons (Fsp3) is 0.263. The topological polar surface area (TPSA) is 94.2 Å². The molecule has 7 nitrogen and oxygen atoms in total. The van der Waals surface area contributed by atoms with Crippen molar-refractivity contribution < 1.29 is 17.9 Å². The maximum atomic E-state index is 12.8. The van der Waals surface area contributed by atoms with Gasteiger partial charge in [-0.25, -0.2) is 13.5 Å². The van der Waals surface area contributed by atoms with Crippen molar-refractivity contribution in [3.05, 3.63) is 53.1 Å². The number of methoxy groups -OCH3 is 2. The van der Waals surface area contributed by atoms with Gasteiger partial charge in [-0.1, -0.05) is 23.8 Å². The Morgan fingerprint density at radius 1 is 1.04 bits per heavy atom. The van der Waals surface area contributed by atoms with E-state index in [0.717, 1.165) is 16.7 Å².